The Morgan fingerprint density at radius 1 is 1.19 bits per heavy atom. The molecule has 0 aliphatic carbocycles. The minimum atomic E-state index is -0.403. The molecule has 1 fully saturated rings. The van der Waals surface area contributed by atoms with E-state index in [-0.39, 0.29) is 11.0 Å². The third-order valence-corrected chi connectivity index (χ3v) is 3.73. The molecule has 21 heavy (non-hydrogen) atoms. The van der Waals surface area contributed by atoms with Gasteiger partial charge >= 0.3 is 0 Å². The summed E-state index contributed by atoms with van der Waals surface area (Å²) in [5.41, 5.74) is 1.10. The number of phenolic OH excluding ortho intramolecular Hbond substituents is 1. The van der Waals surface area contributed by atoms with Gasteiger partial charge in [-0.3, -0.25) is 14.6 Å². The Kier molecular flexibility index (Phi) is 3.45. The van der Waals surface area contributed by atoms with Gasteiger partial charge in [-0.2, -0.15) is 0 Å². The Balaban J connectivity index is 1.94. The number of pyridine rings is 1. The zero-order valence-corrected chi connectivity index (χ0v) is 11.6. The standard InChI is InChI=1S/C15H10N2O3S/c18-12-5-1-4-11(8-12)17-14(19)13(21-15(17)20)7-10-3-2-6-16-9-10/h1-9,18H/b13-7-. The molecule has 0 unspecified atom stereocenters. The van der Waals surface area contributed by atoms with Gasteiger partial charge < -0.3 is 5.11 Å². The van der Waals surface area contributed by atoms with Gasteiger partial charge in [0.05, 0.1) is 10.6 Å². The molecule has 0 bridgehead atoms. The van der Waals surface area contributed by atoms with Crippen molar-refractivity contribution in [2.75, 3.05) is 4.90 Å². The Hall–Kier alpha value is -2.60. The first-order chi connectivity index (χ1) is 10.1. The lowest BCUT2D eigenvalue weighted by Gasteiger charge is -2.12. The topological polar surface area (TPSA) is 70.5 Å². The number of imide groups is 1. The van der Waals surface area contributed by atoms with E-state index in [0.29, 0.717) is 10.6 Å². The van der Waals surface area contributed by atoms with Crippen molar-refractivity contribution >= 4 is 34.7 Å². The SMILES string of the molecule is O=C1S/C(=C\c2cccnc2)C(=O)N1c1cccc(O)c1. The number of hydrogen-bond acceptors (Lipinski definition) is 5. The molecule has 6 heteroatoms. The van der Waals surface area contributed by atoms with E-state index in [1.807, 2.05) is 0 Å². The predicted octanol–water partition coefficient (Wildman–Crippen LogP) is 3.03. The summed E-state index contributed by atoms with van der Waals surface area (Å²) in [5, 5.41) is 9.08. The summed E-state index contributed by atoms with van der Waals surface area (Å²) in [5.74, 6) is -0.401. The van der Waals surface area contributed by atoms with Gasteiger partial charge in [0.2, 0.25) is 0 Å². The first-order valence-electron chi connectivity index (χ1n) is 6.12. The van der Waals surface area contributed by atoms with Gasteiger partial charge in [-0.15, -0.1) is 0 Å². The second kappa shape index (κ2) is 5.41. The molecule has 3 rings (SSSR count). The molecule has 2 amide bonds. The third kappa shape index (κ3) is 2.66. The van der Waals surface area contributed by atoms with Crippen molar-refractivity contribution in [3.63, 3.8) is 0 Å². The van der Waals surface area contributed by atoms with E-state index >= 15 is 0 Å². The summed E-state index contributed by atoms with van der Waals surface area (Å²) < 4.78 is 0. The normalized spacial score (nSPS) is 16.8. The van der Waals surface area contributed by atoms with Crippen molar-refractivity contribution in [2.45, 2.75) is 0 Å². The summed E-state index contributed by atoms with van der Waals surface area (Å²) in [6.45, 7) is 0. The number of thioether (sulfide) groups is 1. The van der Waals surface area contributed by atoms with Crippen LogP contribution in [0, 0.1) is 0 Å². The maximum atomic E-state index is 12.3. The maximum absolute atomic E-state index is 12.3. The fourth-order valence-corrected chi connectivity index (χ4v) is 2.78. The number of rotatable bonds is 2. The van der Waals surface area contributed by atoms with Crippen LogP contribution < -0.4 is 4.90 Å². The molecule has 1 saturated heterocycles. The van der Waals surface area contributed by atoms with Crippen molar-refractivity contribution in [3.05, 3.63) is 59.3 Å². The summed E-state index contributed by atoms with van der Waals surface area (Å²) in [7, 11) is 0. The zero-order valence-electron chi connectivity index (χ0n) is 10.8. The summed E-state index contributed by atoms with van der Waals surface area (Å²) in [6, 6.07) is 9.60. The van der Waals surface area contributed by atoms with Gasteiger partial charge in [0.25, 0.3) is 11.1 Å². The fraction of sp³-hybridized carbons (Fsp3) is 0. The molecule has 0 saturated carbocycles. The highest BCUT2D eigenvalue weighted by Crippen LogP contribution is 2.36. The molecule has 2 heterocycles. The van der Waals surface area contributed by atoms with Crippen LogP contribution in [-0.4, -0.2) is 21.2 Å². The Morgan fingerprint density at radius 2 is 2.05 bits per heavy atom. The van der Waals surface area contributed by atoms with Gasteiger partial charge in [0.15, 0.2) is 0 Å². The largest absolute Gasteiger partial charge is 0.508 e. The first kappa shape index (κ1) is 13.4. The molecule has 2 aromatic rings. The highest BCUT2D eigenvalue weighted by Gasteiger charge is 2.36. The van der Waals surface area contributed by atoms with Gasteiger partial charge in [0.1, 0.15) is 5.75 Å². The monoisotopic (exact) mass is 298 g/mol. The van der Waals surface area contributed by atoms with E-state index in [2.05, 4.69) is 4.98 Å². The quantitative estimate of drug-likeness (QED) is 0.863. The maximum Gasteiger partial charge on any atom is 0.298 e. The smallest absolute Gasteiger partial charge is 0.298 e. The van der Waals surface area contributed by atoms with Crippen molar-refractivity contribution < 1.29 is 14.7 Å². The summed E-state index contributed by atoms with van der Waals surface area (Å²) in [4.78, 5) is 29.7. The number of benzene rings is 1. The van der Waals surface area contributed by atoms with Crippen LogP contribution in [0.15, 0.2) is 53.7 Å². The minimum Gasteiger partial charge on any atom is -0.508 e. The van der Waals surface area contributed by atoms with Gasteiger partial charge in [-0.05, 0) is 41.6 Å². The Labute approximate surface area is 124 Å². The summed E-state index contributed by atoms with van der Waals surface area (Å²) >= 11 is 0.866. The summed E-state index contributed by atoms with van der Waals surface area (Å²) in [6.07, 6.45) is 4.87. The second-order valence-electron chi connectivity index (χ2n) is 4.32. The molecule has 1 aliphatic heterocycles. The fourth-order valence-electron chi connectivity index (χ4n) is 1.94. The third-order valence-electron chi connectivity index (χ3n) is 2.86. The number of carbonyl (C=O) groups excluding carboxylic acids is 2. The average molecular weight is 298 g/mol. The molecule has 0 atom stereocenters. The molecule has 1 aromatic heterocycles. The lowest BCUT2D eigenvalue weighted by molar-refractivity contribution is -0.113. The van der Waals surface area contributed by atoms with Crippen LogP contribution in [0.5, 0.6) is 5.75 Å². The van der Waals surface area contributed by atoms with Gasteiger partial charge in [-0.25, -0.2) is 4.90 Å². The number of phenols is 1. The molecule has 1 aliphatic rings. The van der Waals surface area contributed by atoms with Crippen LogP contribution in [0.25, 0.3) is 6.08 Å². The van der Waals surface area contributed by atoms with Gasteiger partial charge in [0, 0.05) is 18.5 Å². The molecule has 104 valence electrons. The lowest BCUT2D eigenvalue weighted by Crippen LogP contribution is -2.27. The second-order valence-corrected chi connectivity index (χ2v) is 5.32. The van der Waals surface area contributed by atoms with E-state index in [4.69, 9.17) is 0 Å². The number of aromatic hydroxyl groups is 1. The molecule has 0 spiro atoms. The highest BCUT2D eigenvalue weighted by atomic mass is 32.2. The first-order valence-corrected chi connectivity index (χ1v) is 6.94. The lowest BCUT2D eigenvalue weighted by atomic mass is 10.2. The van der Waals surface area contributed by atoms with Crippen molar-refractivity contribution in [3.8, 4) is 5.75 Å². The number of aromatic nitrogens is 1. The van der Waals surface area contributed by atoms with Crippen molar-refractivity contribution in [2.24, 2.45) is 0 Å². The van der Waals surface area contributed by atoms with Crippen LogP contribution in [0.4, 0.5) is 10.5 Å². The Bertz CT molecular complexity index is 744. The van der Waals surface area contributed by atoms with E-state index in [0.717, 1.165) is 22.2 Å². The van der Waals surface area contributed by atoms with Crippen molar-refractivity contribution in [1.29, 1.82) is 0 Å². The molecule has 0 radical (unpaired) electrons. The zero-order chi connectivity index (χ0) is 14.8. The molecule has 5 nitrogen and oxygen atoms in total. The van der Waals surface area contributed by atoms with Crippen LogP contribution >= 0.6 is 11.8 Å². The Morgan fingerprint density at radius 3 is 2.76 bits per heavy atom. The molecular formula is C15H10N2O3S. The highest BCUT2D eigenvalue weighted by molar-refractivity contribution is 8.19. The average Bonchev–Trinajstić information content (AvgIpc) is 2.74. The molecular weight excluding hydrogens is 288 g/mol. The van der Waals surface area contributed by atoms with Crippen LogP contribution in [-0.2, 0) is 4.79 Å². The number of anilines is 1. The number of nitrogens with zero attached hydrogens (tertiary/aromatic N) is 2. The minimum absolute atomic E-state index is 0.00258. The van der Waals surface area contributed by atoms with Gasteiger partial charge in [-0.1, -0.05) is 12.1 Å². The van der Waals surface area contributed by atoms with E-state index in [1.165, 1.54) is 12.1 Å². The van der Waals surface area contributed by atoms with Crippen LogP contribution in [0.1, 0.15) is 5.56 Å². The van der Waals surface area contributed by atoms with E-state index < -0.39 is 5.91 Å². The number of amides is 2. The predicted molar refractivity (Wildman–Crippen MR) is 80.8 cm³/mol. The molecule has 1 aromatic carbocycles. The number of carbonyl (C=O) groups is 2. The number of hydrogen-bond donors (Lipinski definition) is 1. The van der Waals surface area contributed by atoms with E-state index in [9.17, 15) is 14.7 Å². The van der Waals surface area contributed by atoms with Crippen LogP contribution in [0.3, 0.4) is 0 Å². The van der Waals surface area contributed by atoms with E-state index in [1.54, 1.807) is 42.7 Å². The van der Waals surface area contributed by atoms with Crippen molar-refractivity contribution in [1.82, 2.24) is 4.98 Å². The van der Waals surface area contributed by atoms with Crippen LogP contribution in [0.2, 0.25) is 0 Å². The molecule has 1 N–H and O–H groups in total.